The predicted octanol–water partition coefficient (Wildman–Crippen LogP) is 5.66. The van der Waals surface area contributed by atoms with Crippen LogP contribution in [0.5, 0.6) is 0 Å². The van der Waals surface area contributed by atoms with Gasteiger partial charge in [-0.2, -0.15) is 0 Å². The van der Waals surface area contributed by atoms with Gasteiger partial charge in [0.2, 0.25) is 0 Å². The Morgan fingerprint density at radius 1 is 1.10 bits per heavy atom. The monoisotopic (exact) mass is 449 g/mol. The van der Waals surface area contributed by atoms with Crippen LogP contribution in [0.1, 0.15) is 28.4 Å². The number of benzene rings is 2. The molecule has 0 atom stereocenters. The molecule has 3 aromatic rings. The minimum absolute atomic E-state index is 0. The number of hydrogen-bond acceptors (Lipinski definition) is 5. The van der Waals surface area contributed by atoms with Gasteiger partial charge in [0, 0.05) is 18.0 Å². The first kappa shape index (κ1) is 23.7. The van der Waals surface area contributed by atoms with Crippen LogP contribution in [-0.4, -0.2) is 48.7 Å². The van der Waals surface area contributed by atoms with Gasteiger partial charge < -0.3 is 4.90 Å². The van der Waals surface area contributed by atoms with Crippen LogP contribution in [0.4, 0.5) is 5.13 Å². The second kappa shape index (κ2) is 10.4. The minimum Gasteiger partial charge on any atom is -0.308 e. The minimum atomic E-state index is 0. The number of halogens is 1. The highest BCUT2D eigenvalue weighted by Crippen LogP contribution is 2.32. The molecule has 0 saturated carbocycles. The SMILES string of the molecule is CCSc1ccccc1C(=O)N(CCN(C)C)c1nc2cc(C)c(C)cc2s1.Cl. The summed E-state index contributed by atoms with van der Waals surface area (Å²) in [6.07, 6.45) is 0. The van der Waals surface area contributed by atoms with Crippen molar-refractivity contribution >= 4 is 56.8 Å². The van der Waals surface area contributed by atoms with E-state index in [0.29, 0.717) is 6.54 Å². The molecule has 0 bridgehead atoms. The molecule has 3 rings (SSSR count). The number of anilines is 1. The van der Waals surface area contributed by atoms with Crippen molar-refractivity contribution in [3.05, 3.63) is 53.1 Å². The maximum absolute atomic E-state index is 13.5. The summed E-state index contributed by atoms with van der Waals surface area (Å²) in [5.74, 6) is 0.952. The van der Waals surface area contributed by atoms with Gasteiger partial charge in [0.15, 0.2) is 5.13 Å². The number of rotatable bonds is 7. The third-order valence-corrected chi connectivity index (χ3v) is 6.65. The van der Waals surface area contributed by atoms with Crippen molar-refractivity contribution in [2.24, 2.45) is 0 Å². The van der Waals surface area contributed by atoms with Crippen molar-refractivity contribution in [2.45, 2.75) is 25.7 Å². The Bertz CT molecular complexity index is 948. The molecule has 156 valence electrons. The van der Waals surface area contributed by atoms with Gasteiger partial charge in [-0.15, -0.1) is 24.2 Å². The van der Waals surface area contributed by atoms with E-state index in [9.17, 15) is 4.79 Å². The molecule has 1 amide bonds. The van der Waals surface area contributed by atoms with Crippen molar-refractivity contribution < 1.29 is 4.79 Å². The van der Waals surface area contributed by atoms with E-state index in [2.05, 4.69) is 37.8 Å². The number of nitrogens with zero attached hydrogens (tertiary/aromatic N) is 3. The van der Waals surface area contributed by atoms with Gasteiger partial charge in [-0.25, -0.2) is 4.98 Å². The summed E-state index contributed by atoms with van der Waals surface area (Å²) in [6, 6.07) is 12.1. The summed E-state index contributed by atoms with van der Waals surface area (Å²) in [6.45, 7) is 7.70. The molecular weight excluding hydrogens is 422 g/mol. The van der Waals surface area contributed by atoms with E-state index in [-0.39, 0.29) is 18.3 Å². The van der Waals surface area contributed by atoms with E-state index in [1.165, 1.54) is 11.1 Å². The van der Waals surface area contributed by atoms with Crippen LogP contribution >= 0.6 is 35.5 Å². The topological polar surface area (TPSA) is 36.4 Å². The molecule has 0 unspecified atom stereocenters. The fourth-order valence-corrected chi connectivity index (χ4v) is 4.80. The molecule has 0 aliphatic rings. The van der Waals surface area contributed by atoms with Crippen LogP contribution < -0.4 is 4.90 Å². The fourth-order valence-electron chi connectivity index (χ4n) is 2.94. The average Bonchev–Trinajstić information content (AvgIpc) is 3.05. The zero-order valence-electron chi connectivity index (χ0n) is 17.6. The van der Waals surface area contributed by atoms with Gasteiger partial charge in [-0.3, -0.25) is 9.69 Å². The van der Waals surface area contributed by atoms with Gasteiger partial charge >= 0.3 is 0 Å². The predicted molar refractivity (Wildman–Crippen MR) is 129 cm³/mol. The van der Waals surface area contributed by atoms with Crippen LogP contribution in [0.3, 0.4) is 0 Å². The van der Waals surface area contributed by atoms with Gasteiger partial charge in [-0.05, 0) is 69.1 Å². The summed E-state index contributed by atoms with van der Waals surface area (Å²) in [7, 11) is 4.04. The number of aromatic nitrogens is 1. The Balaban J connectivity index is 0.00000300. The Hall–Kier alpha value is -1.60. The molecule has 29 heavy (non-hydrogen) atoms. The van der Waals surface area contributed by atoms with Crippen LogP contribution in [0.25, 0.3) is 10.2 Å². The number of fused-ring (bicyclic) bond motifs is 1. The molecule has 7 heteroatoms. The number of likely N-dealkylation sites (N-methyl/N-ethyl adjacent to an activating group) is 1. The normalized spacial score (nSPS) is 11.0. The largest absolute Gasteiger partial charge is 0.308 e. The highest BCUT2D eigenvalue weighted by atomic mass is 35.5. The first-order valence-electron chi connectivity index (χ1n) is 9.47. The van der Waals surface area contributed by atoms with Crippen LogP contribution in [0.15, 0.2) is 41.3 Å². The molecule has 0 fully saturated rings. The lowest BCUT2D eigenvalue weighted by Crippen LogP contribution is -2.37. The molecular formula is C22H28ClN3OS2. The number of thioether (sulfide) groups is 1. The van der Waals surface area contributed by atoms with E-state index in [4.69, 9.17) is 4.98 Å². The van der Waals surface area contributed by atoms with E-state index in [1.807, 2.05) is 43.3 Å². The maximum atomic E-state index is 13.5. The molecule has 0 spiro atoms. The second-order valence-corrected chi connectivity index (χ2v) is 9.40. The smallest absolute Gasteiger partial charge is 0.261 e. The molecule has 0 radical (unpaired) electrons. The highest BCUT2D eigenvalue weighted by Gasteiger charge is 2.23. The Morgan fingerprint density at radius 2 is 1.79 bits per heavy atom. The number of hydrogen-bond donors (Lipinski definition) is 0. The van der Waals surface area contributed by atoms with Gasteiger partial charge in [-0.1, -0.05) is 30.4 Å². The summed E-state index contributed by atoms with van der Waals surface area (Å²) in [4.78, 5) is 23.3. The summed E-state index contributed by atoms with van der Waals surface area (Å²) < 4.78 is 1.12. The van der Waals surface area contributed by atoms with Crippen LogP contribution in [-0.2, 0) is 0 Å². The Kier molecular flexibility index (Phi) is 8.52. The van der Waals surface area contributed by atoms with E-state index in [1.54, 1.807) is 23.1 Å². The molecule has 0 saturated heterocycles. The third-order valence-electron chi connectivity index (χ3n) is 4.66. The van der Waals surface area contributed by atoms with Gasteiger partial charge in [0.1, 0.15) is 0 Å². The van der Waals surface area contributed by atoms with Crippen molar-refractivity contribution in [3.63, 3.8) is 0 Å². The number of thiazole rings is 1. The van der Waals surface area contributed by atoms with Crippen molar-refractivity contribution in [2.75, 3.05) is 37.8 Å². The van der Waals surface area contributed by atoms with Crippen LogP contribution in [0, 0.1) is 13.8 Å². The quantitative estimate of drug-likeness (QED) is 0.436. The molecule has 1 heterocycles. The summed E-state index contributed by atoms with van der Waals surface area (Å²) in [5.41, 5.74) is 4.18. The molecule has 0 aliphatic heterocycles. The standard InChI is InChI=1S/C22H27N3OS2.ClH/c1-6-27-19-10-8-7-9-17(19)21(26)25(12-11-24(4)5)22-23-18-13-15(2)16(3)14-20(18)28-22;/h7-10,13-14H,6,11-12H2,1-5H3;1H. The zero-order chi connectivity index (χ0) is 20.3. The molecule has 0 N–H and O–H groups in total. The number of carbonyl (C=O) groups excluding carboxylic acids is 1. The summed E-state index contributed by atoms with van der Waals surface area (Å²) >= 11 is 3.29. The average molecular weight is 450 g/mol. The first-order valence-corrected chi connectivity index (χ1v) is 11.3. The van der Waals surface area contributed by atoms with Crippen LogP contribution in [0.2, 0.25) is 0 Å². The lowest BCUT2D eigenvalue weighted by Gasteiger charge is -2.23. The number of carbonyl (C=O) groups is 1. The third kappa shape index (κ3) is 5.51. The van der Waals surface area contributed by atoms with Crippen molar-refractivity contribution in [1.82, 2.24) is 9.88 Å². The van der Waals surface area contributed by atoms with Gasteiger partial charge in [0.25, 0.3) is 5.91 Å². The summed E-state index contributed by atoms with van der Waals surface area (Å²) in [5, 5.41) is 0.767. The molecule has 0 aliphatic carbocycles. The molecule has 4 nitrogen and oxygen atoms in total. The fraction of sp³-hybridized carbons (Fsp3) is 0.364. The Morgan fingerprint density at radius 3 is 2.48 bits per heavy atom. The van der Waals surface area contributed by atoms with Gasteiger partial charge in [0.05, 0.1) is 15.8 Å². The second-order valence-electron chi connectivity index (χ2n) is 7.09. The number of aryl methyl sites for hydroxylation is 2. The highest BCUT2D eigenvalue weighted by molar-refractivity contribution is 7.99. The van der Waals surface area contributed by atoms with E-state index < -0.39 is 0 Å². The van der Waals surface area contributed by atoms with E-state index in [0.717, 1.165) is 38.1 Å². The molecule has 2 aromatic carbocycles. The maximum Gasteiger partial charge on any atom is 0.261 e. The number of amides is 1. The lowest BCUT2D eigenvalue weighted by atomic mass is 10.1. The Labute approximate surface area is 187 Å². The van der Waals surface area contributed by atoms with E-state index >= 15 is 0 Å². The lowest BCUT2D eigenvalue weighted by molar-refractivity contribution is 0.0982. The van der Waals surface area contributed by atoms with Crippen molar-refractivity contribution in [3.8, 4) is 0 Å². The van der Waals surface area contributed by atoms with Crippen molar-refractivity contribution in [1.29, 1.82) is 0 Å². The molecule has 1 aromatic heterocycles. The first-order chi connectivity index (χ1) is 13.4. The zero-order valence-corrected chi connectivity index (χ0v) is 20.0.